The Kier molecular flexibility index (Phi) is 9.68. The third-order valence-corrected chi connectivity index (χ3v) is 10.6. The fourth-order valence-corrected chi connectivity index (χ4v) is 8.80. The van der Waals surface area contributed by atoms with Crippen LogP contribution in [0.4, 0.5) is 0 Å². The third kappa shape index (κ3) is 5.86. The Morgan fingerprint density at radius 3 is 1.38 bits per heavy atom. The van der Waals surface area contributed by atoms with Crippen molar-refractivity contribution in [3.05, 3.63) is 0 Å². The maximum absolute atomic E-state index is 6.14. The summed E-state index contributed by atoms with van der Waals surface area (Å²) in [4.78, 5) is 2.28. The van der Waals surface area contributed by atoms with Crippen LogP contribution in [0.3, 0.4) is 0 Å². The molecule has 0 fully saturated rings. The highest BCUT2D eigenvalue weighted by molar-refractivity contribution is 8.01. The van der Waals surface area contributed by atoms with Gasteiger partial charge in [-0.1, -0.05) is 52.4 Å². The second-order valence-corrected chi connectivity index (χ2v) is 12.7. The fourth-order valence-electron chi connectivity index (χ4n) is 3.72. The third-order valence-electron chi connectivity index (χ3n) is 5.41. The van der Waals surface area contributed by atoms with Crippen molar-refractivity contribution in [2.45, 2.75) is 73.6 Å². The van der Waals surface area contributed by atoms with E-state index in [0.717, 1.165) is 44.3 Å². The van der Waals surface area contributed by atoms with Crippen molar-refractivity contribution >= 4 is 46.2 Å². The molecule has 4 heterocycles. The molecule has 4 rings (SSSR count). The lowest BCUT2D eigenvalue weighted by Gasteiger charge is -2.18. The molecule has 0 aromatic carbocycles. The van der Waals surface area contributed by atoms with Crippen LogP contribution in [0.1, 0.15) is 65.2 Å². The van der Waals surface area contributed by atoms with Gasteiger partial charge >= 0.3 is 0 Å². The van der Waals surface area contributed by atoms with Crippen LogP contribution in [-0.4, -0.2) is 37.9 Å². The van der Waals surface area contributed by atoms with E-state index in [0.29, 0.717) is 26.4 Å². The Bertz CT molecular complexity index is 791. The first kappa shape index (κ1) is 24.4. The molecule has 0 atom stereocenters. The highest BCUT2D eigenvalue weighted by atomic mass is 32.2. The Balaban J connectivity index is 1.55. The summed E-state index contributed by atoms with van der Waals surface area (Å²) in [6, 6.07) is 0. The first-order valence-corrected chi connectivity index (χ1v) is 15.5. The molecule has 4 nitrogen and oxygen atoms in total. The molecular weight excluding hydrogens is 481 g/mol. The van der Waals surface area contributed by atoms with Crippen molar-refractivity contribution in [1.82, 2.24) is 0 Å². The molecule has 0 bridgehead atoms. The van der Waals surface area contributed by atoms with Crippen LogP contribution in [0.25, 0.3) is 9.75 Å². The Morgan fingerprint density at radius 1 is 0.562 bits per heavy atom. The van der Waals surface area contributed by atoms with Gasteiger partial charge in [-0.05, 0) is 24.3 Å². The van der Waals surface area contributed by atoms with Gasteiger partial charge in [0.2, 0.25) is 0 Å². The van der Waals surface area contributed by atoms with Gasteiger partial charge in [-0.3, -0.25) is 0 Å². The molecule has 2 aliphatic rings. The molecule has 0 N–H and O–H groups in total. The highest BCUT2D eigenvalue weighted by Gasteiger charge is 2.32. The second-order valence-electron chi connectivity index (χ2n) is 7.97. The molecule has 0 spiro atoms. The minimum absolute atomic E-state index is 0.599. The second kappa shape index (κ2) is 12.7. The molecule has 178 valence electrons. The fraction of sp³-hybridized carbons (Fsp3) is 0.667. The van der Waals surface area contributed by atoms with Crippen LogP contribution in [0.15, 0.2) is 8.42 Å². The number of thioether (sulfide) groups is 2. The molecule has 32 heavy (non-hydrogen) atoms. The molecule has 0 saturated carbocycles. The summed E-state index contributed by atoms with van der Waals surface area (Å²) in [5.41, 5.74) is 0. The van der Waals surface area contributed by atoms with E-state index in [1.807, 2.05) is 23.5 Å². The predicted octanol–water partition coefficient (Wildman–Crippen LogP) is 8.36. The number of rotatable bonds is 13. The summed E-state index contributed by atoms with van der Waals surface area (Å²) < 4.78 is 26.9. The van der Waals surface area contributed by atoms with Gasteiger partial charge in [-0.2, -0.15) is 0 Å². The normalized spacial score (nSPS) is 14.7. The van der Waals surface area contributed by atoms with E-state index < -0.39 is 0 Å². The summed E-state index contributed by atoms with van der Waals surface area (Å²) in [5, 5.41) is 0. The predicted molar refractivity (Wildman–Crippen MR) is 139 cm³/mol. The van der Waals surface area contributed by atoms with Gasteiger partial charge in [0, 0.05) is 0 Å². The standard InChI is InChI=1S/C24H34O4S4/c1-3-5-7-9-15-29-23-19-17(25-11-13-27-19)21(31-23)22-18-20(28-14-12-26-18)24(32-22)30-16-10-8-6-4-2/h3-16H2,1-2H3. The van der Waals surface area contributed by atoms with Gasteiger partial charge in [0.1, 0.15) is 34.8 Å². The summed E-state index contributed by atoms with van der Waals surface area (Å²) >= 11 is 7.40. The van der Waals surface area contributed by atoms with Gasteiger partial charge < -0.3 is 18.9 Å². The van der Waals surface area contributed by atoms with E-state index in [4.69, 9.17) is 18.9 Å². The van der Waals surface area contributed by atoms with Crippen molar-refractivity contribution < 1.29 is 18.9 Å². The van der Waals surface area contributed by atoms with E-state index in [9.17, 15) is 0 Å². The van der Waals surface area contributed by atoms with Gasteiger partial charge in [0.05, 0.1) is 9.75 Å². The monoisotopic (exact) mass is 514 g/mol. The minimum Gasteiger partial charge on any atom is -0.485 e. The quantitative estimate of drug-likeness (QED) is 0.197. The van der Waals surface area contributed by atoms with Crippen molar-refractivity contribution in [3.63, 3.8) is 0 Å². The smallest absolute Gasteiger partial charge is 0.186 e. The minimum atomic E-state index is 0.599. The lowest BCUT2D eigenvalue weighted by atomic mass is 10.2. The van der Waals surface area contributed by atoms with Crippen molar-refractivity contribution in [1.29, 1.82) is 0 Å². The maximum Gasteiger partial charge on any atom is 0.186 e. The van der Waals surface area contributed by atoms with Gasteiger partial charge in [0.25, 0.3) is 0 Å². The number of hydrogen-bond acceptors (Lipinski definition) is 8. The van der Waals surface area contributed by atoms with E-state index in [1.54, 1.807) is 22.7 Å². The average Bonchev–Trinajstić information content (AvgIpc) is 3.37. The molecule has 2 aliphatic heterocycles. The Labute approximate surface area is 208 Å². The zero-order valence-corrected chi connectivity index (χ0v) is 22.4. The molecule has 0 amide bonds. The van der Waals surface area contributed by atoms with Crippen molar-refractivity contribution in [3.8, 4) is 32.8 Å². The van der Waals surface area contributed by atoms with Crippen LogP contribution < -0.4 is 18.9 Å². The molecule has 8 heteroatoms. The molecule has 0 radical (unpaired) electrons. The van der Waals surface area contributed by atoms with E-state index in [1.165, 1.54) is 59.8 Å². The number of unbranched alkanes of at least 4 members (excludes halogenated alkanes) is 6. The summed E-state index contributed by atoms with van der Waals surface area (Å²) in [7, 11) is 0. The van der Waals surface area contributed by atoms with Crippen LogP contribution >= 0.6 is 46.2 Å². The van der Waals surface area contributed by atoms with E-state index >= 15 is 0 Å². The molecule has 2 aromatic heterocycles. The SMILES string of the molecule is CCCCCCSc1sc(-c2sc(SCCCCCC)c3c2OCCO3)c2c1OCCO2. The largest absolute Gasteiger partial charge is 0.485 e. The van der Waals surface area contributed by atoms with Crippen LogP contribution in [0, 0.1) is 0 Å². The first-order chi connectivity index (χ1) is 15.8. The first-order valence-electron chi connectivity index (χ1n) is 11.9. The molecule has 0 unspecified atom stereocenters. The highest BCUT2D eigenvalue weighted by Crippen LogP contribution is 2.60. The topological polar surface area (TPSA) is 36.9 Å². The Hall–Kier alpha value is -0.700. The van der Waals surface area contributed by atoms with E-state index in [-0.39, 0.29) is 0 Å². The zero-order chi connectivity index (χ0) is 22.2. The maximum atomic E-state index is 6.14. The van der Waals surface area contributed by atoms with Crippen LogP contribution in [-0.2, 0) is 0 Å². The van der Waals surface area contributed by atoms with E-state index in [2.05, 4.69) is 13.8 Å². The molecule has 0 aliphatic carbocycles. The number of thiophene rings is 2. The summed E-state index contributed by atoms with van der Waals surface area (Å²) in [5.74, 6) is 5.91. The number of fused-ring (bicyclic) bond motifs is 2. The average molecular weight is 515 g/mol. The van der Waals surface area contributed by atoms with Gasteiger partial charge in [-0.25, -0.2) is 0 Å². The number of ether oxygens (including phenoxy) is 4. The molecule has 2 aromatic rings. The Morgan fingerprint density at radius 2 is 0.969 bits per heavy atom. The van der Waals surface area contributed by atoms with Gasteiger partial charge in [0.15, 0.2) is 23.0 Å². The lowest BCUT2D eigenvalue weighted by molar-refractivity contribution is 0.168. The summed E-state index contributed by atoms with van der Waals surface area (Å²) in [6.07, 6.45) is 10.2. The number of hydrogen-bond donors (Lipinski definition) is 0. The van der Waals surface area contributed by atoms with Gasteiger partial charge in [-0.15, -0.1) is 46.2 Å². The van der Waals surface area contributed by atoms with Crippen molar-refractivity contribution in [2.24, 2.45) is 0 Å². The van der Waals surface area contributed by atoms with Crippen LogP contribution in [0.5, 0.6) is 23.0 Å². The lowest BCUT2D eigenvalue weighted by Crippen LogP contribution is -2.15. The zero-order valence-electron chi connectivity index (χ0n) is 19.2. The van der Waals surface area contributed by atoms with Crippen LogP contribution in [0.2, 0.25) is 0 Å². The molecular formula is C24H34O4S4. The van der Waals surface area contributed by atoms with Crippen molar-refractivity contribution in [2.75, 3.05) is 37.9 Å². The summed E-state index contributed by atoms with van der Waals surface area (Å²) in [6.45, 7) is 6.95. The molecule has 0 saturated heterocycles.